The van der Waals surface area contributed by atoms with E-state index in [1.807, 2.05) is 0 Å². The number of Topliss-reactive ketones (excluding diaryl/α,β-unsaturated/α-hetero) is 1. The Morgan fingerprint density at radius 3 is 2.70 bits per heavy atom. The van der Waals surface area contributed by atoms with Crippen LogP contribution in [-0.2, 0) is 10.4 Å². The maximum Gasteiger partial charge on any atom is 0.280 e. The number of carbonyl (C=O) groups excluding carboxylic acids is 2. The molecule has 0 aliphatic carbocycles. The normalized spacial score (nSPS) is 18.3. The van der Waals surface area contributed by atoms with Crippen molar-refractivity contribution < 1.29 is 19.6 Å². The summed E-state index contributed by atoms with van der Waals surface area (Å²) >= 11 is 3.30. The van der Waals surface area contributed by atoms with Crippen LogP contribution in [0.25, 0.3) is 0 Å². The number of hydrogen-bond acceptors (Lipinski definition) is 5. The van der Waals surface area contributed by atoms with E-state index in [2.05, 4.69) is 22.5 Å². The third-order valence-electron chi connectivity index (χ3n) is 4.42. The Morgan fingerprint density at radius 1 is 1.33 bits per heavy atom. The molecule has 138 valence electrons. The summed E-state index contributed by atoms with van der Waals surface area (Å²) in [5, 5.41) is 22.3. The summed E-state index contributed by atoms with van der Waals surface area (Å²) in [6.45, 7) is 3.77. The Kier molecular flexibility index (Phi) is 4.95. The van der Waals surface area contributed by atoms with Crippen LogP contribution in [0.2, 0.25) is 0 Å². The largest absolute Gasteiger partial charge is 0.375 e. The highest BCUT2D eigenvalue weighted by Crippen LogP contribution is 2.44. The molecule has 0 saturated heterocycles. The van der Waals surface area contributed by atoms with Gasteiger partial charge in [-0.25, -0.2) is 0 Å². The van der Waals surface area contributed by atoms with Crippen LogP contribution in [-0.4, -0.2) is 28.3 Å². The van der Waals surface area contributed by atoms with Crippen molar-refractivity contribution in [1.82, 2.24) is 0 Å². The molecule has 0 fully saturated rings. The summed E-state index contributed by atoms with van der Waals surface area (Å²) in [5.41, 5.74) is -1.88. The van der Waals surface area contributed by atoms with Gasteiger partial charge in [-0.15, -0.1) is 6.58 Å². The van der Waals surface area contributed by atoms with Gasteiger partial charge in [0.2, 0.25) is 0 Å². The van der Waals surface area contributed by atoms with Crippen molar-refractivity contribution in [2.45, 2.75) is 12.0 Å². The number of nitro benzene ring substituents is 1. The summed E-state index contributed by atoms with van der Waals surface area (Å²) in [5.74, 6) is -1.35. The number of carbonyl (C=O) groups is 2. The third kappa shape index (κ3) is 3.17. The predicted molar refractivity (Wildman–Crippen MR) is 103 cm³/mol. The fourth-order valence-electron chi connectivity index (χ4n) is 3.20. The van der Waals surface area contributed by atoms with Gasteiger partial charge in [-0.1, -0.05) is 34.1 Å². The van der Waals surface area contributed by atoms with E-state index < -0.39 is 28.6 Å². The molecule has 1 heterocycles. The second-order valence-electron chi connectivity index (χ2n) is 6.10. The highest BCUT2D eigenvalue weighted by Gasteiger charge is 2.51. The van der Waals surface area contributed by atoms with Gasteiger partial charge in [-0.2, -0.15) is 0 Å². The van der Waals surface area contributed by atoms with Gasteiger partial charge in [-0.05, 0) is 24.3 Å². The van der Waals surface area contributed by atoms with Gasteiger partial charge < -0.3 is 10.0 Å². The molecule has 1 aliphatic heterocycles. The second-order valence-corrected chi connectivity index (χ2v) is 7.02. The van der Waals surface area contributed by atoms with Crippen molar-refractivity contribution in [1.29, 1.82) is 0 Å². The van der Waals surface area contributed by atoms with Crippen molar-refractivity contribution >= 4 is 39.0 Å². The molecule has 1 amide bonds. The van der Waals surface area contributed by atoms with E-state index in [4.69, 9.17) is 0 Å². The minimum Gasteiger partial charge on any atom is -0.375 e. The van der Waals surface area contributed by atoms with Crippen LogP contribution >= 0.6 is 15.9 Å². The molecule has 3 rings (SSSR count). The lowest BCUT2D eigenvalue weighted by Gasteiger charge is -2.22. The zero-order chi connectivity index (χ0) is 19.8. The number of halogens is 1. The molecule has 0 spiro atoms. The number of anilines is 1. The van der Waals surface area contributed by atoms with Crippen LogP contribution in [0.15, 0.2) is 59.6 Å². The molecule has 1 atom stereocenters. The van der Waals surface area contributed by atoms with Crippen molar-refractivity contribution in [3.8, 4) is 0 Å². The molecular formula is C19H15BrN2O5. The van der Waals surface area contributed by atoms with Crippen LogP contribution < -0.4 is 4.90 Å². The Morgan fingerprint density at radius 2 is 2.04 bits per heavy atom. The van der Waals surface area contributed by atoms with Gasteiger partial charge >= 0.3 is 0 Å². The quantitative estimate of drug-likeness (QED) is 0.327. The monoisotopic (exact) mass is 430 g/mol. The minimum absolute atomic E-state index is 0.151. The SMILES string of the molecule is C=CCN1C(=O)C(O)(CC(=O)c2ccccc2[N+](=O)[O-])c2cc(Br)ccc21. The lowest BCUT2D eigenvalue weighted by Crippen LogP contribution is -2.42. The third-order valence-corrected chi connectivity index (χ3v) is 4.92. The first-order valence-corrected chi connectivity index (χ1v) is 8.81. The van der Waals surface area contributed by atoms with Crippen LogP contribution in [0, 0.1) is 10.1 Å². The Labute approximate surface area is 163 Å². The number of fused-ring (bicyclic) bond motifs is 1. The minimum atomic E-state index is -2.11. The van der Waals surface area contributed by atoms with Gasteiger partial charge in [-0.3, -0.25) is 19.7 Å². The smallest absolute Gasteiger partial charge is 0.280 e. The van der Waals surface area contributed by atoms with Crippen molar-refractivity contribution in [3.63, 3.8) is 0 Å². The van der Waals surface area contributed by atoms with Gasteiger partial charge in [0, 0.05) is 22.6 Å². The van der Waals surface area contributed by atoms with E-state index in [0.717, 1.165) is 0 Å². The molecule has 2 aromatic rings. The molecular weight excluding hydrogens is 416 g/mol. The van der Waals surface area contributed by atoms with Crippen LogP contribution in [0.4, 0.5) is 11.4 Å². The number of rotatable bonds is 6. The van der Waals surface area contributed by atoms with E-state index in [9.17, 15) is 24.8 Å². The molecule has 7 nitrogen and oxygen atoms in total. The second kappa shape index (κ2) is 7.05. The van der Waals surface area contributed by atoms with E-state index in [1.165, 1.54) is 35.2 Å². The summed E-state index contributed by atoms with van der Waals surface area (Å²) in [4.78, 5) is 37.5. The van der Waals surface area contributed by atoms with Gasteiger partial charge in [0.1, 0.15) is 0 Å². The molecule has 2 aromatic carbocycles. The van der Waals surface area contributed by atoms with Gasteiger partial charge in [0.05, 0.1) is 22.6 Å². The van der Waals surface area contributed by atoms with E-state index >= 15 is 0 Å². The number of hydrogen-bond donors (Lipinski definition) is 1. The average Bonchev–Trinajstić information content (AvgIpc) is 2.83. The standard InChI is InChI=1S/C19H15BrN2O5/c1-2-9-21-16-8-7-12(20)10-14(16)19(25,18(21)24)11-17(23)13-5-3-4-6-15(13)22(26)27/h2-8,10,25H,1,9,11H2. The molecule has 27 heavy (non-hydrogen) atoms. The Balaban J connectivity index is 2.05. The number of ketones is 1. The number of nitro groups is 1. The summed E-state index contributed by atoms with van der Waals surface area (Å²) in [7, 11) is 0. The van der Waals surface area contributed by atoms with Crippen molar-refractivity contribution in [2.75, 3.05) is 11.4 Å². The lowest BCUT2D eigenvalue weighted by atomic mass is 9.88. The highest BCUT2D eigenvalue weighted by molar-refractivity contribution is 9.10. The first-order chi connectivity index (χ1) is 12.8. The number of nitrogens with zero attached hydrogens (tertiary/aromatic N) is 2. The highest BCUT2D eigenvalue weighted by atomic mass is 79.9. The number of benzene rings is 2. The number of amides is 1. The Hall–Kier alpha value is -2.84. The van der Waals surface area contributed by atoms with Crippen LogP contribution in [0.3, 0.4) is 0 Å². The van der Waals surface area contributed by atoms with Gasteiger partial charge in [0.15, 0.2) is 11.4 Å². The van der Waals surface area contributed by atoms with Crippen molar-refractivity contribution in [2.24, 2.45) is 0 Å². The summed E-state index contributed by atoms with van der Waals surface area (Å²) in [6, 6.07) is 10.4. The molecule has 0 bridgehead atoms. The predicted octanol–water partition coefficient (Wildman–Crippen LogP) is 3.35. The zero-order valence-electron chi connectivity index (χ0n) is 14.1. The molecule has 1 unspecified atom stereocenters. The Bertz CT molecular complexity index is 974. The van der Waals surface area contributed by atoms with E-state index in [-0.39, 0.29) is 23.4 Å². The molecule has 0 aromatic heterocycles. The van der Waals surface area contributed by atoms with Crippen LogP contribution in [0.1, 0.15) is 22.3 Å². The molecule has 1 aliphatic rings. The fourth-order valence-corrected chi connectivity index (χ4v) is 3.56. The summed E-state index contributed by atoms with van der Waals surface area (Å²) in [6.07, 6.45) is 0.910. The molecule has 0 saturated carbocycles. The van der Waals surface area contributed by atoms with Gasteiger partial charge in [0.25, 0.3) is 11.6 Å². The number of aliphatic hydroxyl groups is 1. The topological polar surface area (TPSA) is 101 Å². The van der Waals surface area contributed by atoms with E-state index in [0.29, 0.717) is 10.2 Å². The maximum absolute atomic E-state index is 12.9. The molecule has 8 heteroatoms. The maximum atomic E-state index is 12.9. The average molecular weight is 431 g/mol. The molecule has 0 radical (unpaired) electrons. The first kappa shape index (κ1) is 18.9. The molecule has 1 N–H and O–H groups in total. The fraction of sp³-hybridized carbons (Fsp3) is 0.158. The zero-order valence-corrected chi connectivity index (χ0v) is 15.7. The summed E-state index contributed by atoms with van der Waals surface area (Å²) < 4.78 is 0.631. The first-order valence-electron chi connectivity index (χ1n) is 8.01. The van der Waals surface area contributed by atoms with Crippen molar-refractivity contribution in [3.05, 3.63) is 80.8 Å². The van der Waals surface area contributed by atoms with E-state index in [1.54, 1.807) is 18.2 Å². The van der Waals surface area contributed by atoms with Crippen LogP contribution in [0.5, 0.6) is 0 Å². The lowest BCUT2D eigenvalue weighted by molar-refractivity contribution is -0.385. The number of para-hydroxylation sites is 1.